The average Bonchev–Trinajstić information content (AvgIpc) is 2.78. The van der Waals surface area contributed by atoms with Gasteiger partial charge in [0.05, 0.1) is 45.0 Å². The molecule has 4 rings (SSSR count). The Hall–Kier alpha value is -3.09. The van der Waals surface area contributed by atoms with Crippen LogP contribution in [0.3, 0.4) is 0 Å². The first-order valence-corrected chi connectivity index (χ1v) is 9.70. The summed E-state index contributed by atoms with van der Waals surface area (Å²) in [6, 6.07) is 15.2. The van der Waals surface area contributed by atoms with E-state index in [1.807, 2.05) is 55.5 Å². The van der Waals surface area contributed by atoms with Gasteiger partial charge in [-0.3, -0.25) is 4.79 Å². The number of hydrogen-bond acceptors (Lipinski definition) is 6. The number of hydrogen-bond donors (Lipinski definition) is 0. The van der Waals surface area contributed by atoms with Crippen molar-refractivity contribution in [2.45, 2.75) is 25.9 Å². The maximum Gasteiger partial charge on any atom is 0.223 e. The second-order valence-electron chi connectivity index (χ2n) is 7.01. The number of methoxy groups -OCH3 is 3. The van der Waals surface area contributed by atoms with Crippen molar-refractivity contribution in [2.24, 2.45) is 0 Å². The lowest BCUT2D eigenvalue weighted by Crippen LogP contribution is -2.35. The molecule has 0 unspecified atom stereocenters. The van der Waals surface area contributed by atoms with Gasteiger partial charge in [-0.05, 0) is 18.6 Å². The third-order valence-corrected chi connectivity index (χ3v) is 5.31. The monoisotopic (exact) mass is 408 g/mol. The van der Waals surface area contributed by atoms with E-state index in [-0.39, 0.29) is 12.4 Å². The van der Waals surface area contributed by atoms with Crippen LogP contribution in [-0.4, -0.2) is 33.4 Å². The lowest BCUT2D eigenvalue weighted by atomic mass is 9.90. The number of benzene rings is 3. The van der Waals surface area contributed by atoms with Crippen molar-refractivity contribution in [3.8, 4) is 17.2 Å². The zero-order valence-electron chi connectivity index (χ0n) is 17.4. The Balaban J connectivity index is 1.84. The van der Waals surface area contributed by atoms with Gasteiger partial charge < -0.3 is 23.7 Å². The zero-order valence-corrected chi connectivity index (χ0v) is 17.4. The average molecular weight is 408 g/mol. The van der Waals surface area contributed by atoms with Crippen LogP contribution in [0.4, 0.5) is 0 Å². The van der Waals surface area contributed by atoms with E-state index in [0.717, 1.165) is 16.3 Å². The quantitative estimate of drug-likeness (QED) is 0.590. The van der Waals surface area contributed by atoms with Gasteiger partial charge in [0.25, 0.3) is 0 Å². The summed E-state index contributed by atoms with van der Waals surface area (Å²) in [5, 5.41) is 1.47. The van der Waals surface area contributed by atoms with Crippen LogP contribution in [0, 0.1) is 0 Å². The number of Topliss-reactive ketones (excluding diaryl/α,β-unsaturated/α-hetero) is 1. The molecule has 156 valence electrons. The van der Waals surface area contributed by atoms with Crippen molar-refractivity contribution in [3.05, 3.63) is 65.2 Å². The van der Waals surface area contributed by atoms with E-state index in [4.69, 9.17) is 23.7 Å². The summed E-state index contributed by atoms with van der Waals surface area (Å²) in [7, 11) is 4.72. The molecule has 0 bridgehead atoms. The molecule has 0 aromatic heterocycles. The van der Waals surface area contributed by atoms with Crippen molar-refractivity contribution < 1.29 is 28.5 Å². The molecule has 6 nitrogen and oxygen atoms in total. The number of ether oxygens (including phenoxy) is 5. The Bertz CT molecular complexity index is 1080. The summed E-state index contributed by atoms with van der Waals surface area (Å²) in [5.74, 6) is 1.35. The van der Waals surface area contributed by atoms with Gasteiger partial charge in [-0.15, -0.1) is 0 Å². The molecule has 30 heavy (non-hydrogen) atoms. The highest BCUT2D eigenvalue weighted by atomic mass is 16.7. The van der Waals surface area contributed by atoms with Gasteiger partial charge in [-0.25, -0.2) is 0 Å². The van der Waals surface area contributed by atoms with Crippen molar-refractivity contribution in [2.75, 3.05) is 21.3 Å². The number of carbonyl (C=O) groups excluding carboxylic acids is 1. The maximum absolute atomic E-state index is 13.4. The molecule has 3 aromatic carbocycles. The van der Waals surface area contributed by atoms with E-state index in [0.29, 0.717) is 28.4 Å². The van der Waals surface area contributed by atoms with Gasteiger partial charge >= 0.3 is 0 Å². The lowest BCUT2D eigenvalue weighted by molar-refractivity contribution is -0.152. The second kappa shape index (κ2) is 8.34. The van der Waals surface area contributed by atoms with Gasteiger partial charge in [0.1, 0.15) is 17.2 Å². The van der Waals surface area contributed by atoms with Gasteiger partial charge in [0, 0.05) is 10.9 Å². The van der Waals surface area contributed by atoms with Crippen molar-refractivity contribution in [3.63, 3.8) is 0 Å². The van der Waals surface area contributed by atoms with Crippen LogP contribution in [0.25, 0.3) is 10.8 Å². The van der Waals surface area contributed by atoms with Crippen molar-refractivity contribution in [1.29, 1.82) is 0 Å². The maximum atomic E-state index is 13.4. The molecule has 0 radical (unpaired) electrons. The molecule has 1 aliphatic rings. The van der Waals surface area contributed by atoms with Crippen molar-refractivity contribution >= 4 is 16.6 Å². The minimum Gasteiger partial charge on any atom is -0.496 e. The van der Waals surface area contributed by atoms with Crippen molar-refractivity contribution in [1.82, 2.24) is 0 Å². The first-order valence-electron chi connectivity index (χ1n) is 9.70. The van der Waals surface area contributed by atoms with Gasteiger partial charge in [0.15, 0.2) is 0 Å². The molecule has 0 amide bonds. The number of carbonyl (C=O) groups is 1. The molecule has 0 saturated heterocycles. The molecule has 1 aliphatic heterocycles. The smallest absolute Gasteiger partial charge is 0.223 e. The fraction of sp³-hybridized carbons (Fsp3) is 0.292. The summed E-state index contributed by atoms with van der Waals surface area (Å²) in [4.78, 5) is 13.4. The Kier molecular flexibility index (Phi) is 5.61. The molecule has 3 aromatic rings. The molecule has 0 aliphatic carbocycles. The van der Waals surface area contributed by atoms with E-state index in [1.165, 1.54) is 0 Å². The highest BCUT2D eigenvalue weighted by molar-refractivity contribution is 6.12. The van der Waals surface area contributed by atoms with E-state index in [1.54, 1.807) is 21.3 Å². The minimum absolute atomic E-state index is 0.264. The fourth-order valence-corrected chi connectivity index (χ4v) is 3.98. The molecule has 6 heteroatoms. The van der Waals surface area contributed by atoms with E-state index < -0.39 is 12.4 Å². The third kappa shape index (κ3) is 3.28. The van der Waals surface area contributed by atoms with Crippen LogP contribution in [0.5, 0.6) is 17.2 Å². The van der Waals surface area contributed by atoms with Crippen LogP contribution in [-0.2, 0) is 16.1 Å². The standard InChI is InChI=1S/C24H24O6/c1-14-18-20(21(25)24(30-14)29-13-15-9-6-5-7-10-15)22(27-3)16-11-8-12-17(26-2)19(16)23(18)28-4/h5-12,14,24H,13H2,1-4H3/t14-,24+/m0/s1. The Morgan fingerprint density at radius 3 is 2.30 bits per heavy atom. The van der Waals surface area contributed by atoms with Gasteiger partial charge in [0.2, 0.25) is 12.1 Å². The molecule has 0 N–H and O–H groups in total. The molecular formula is C24H24O6. The van der Waals surface area contributed by atoms with E-state index >= 15 is 0 Å². The first-order chi connectivity index (χ1) is 14.6. The molecule has 0 spiro atoms. The van der Waals surface area contributed by atoms with Crippen LogP contribution in [0.2, 0.25) is 0 Å². The lowest BCUT2D eigenvalue weighted by Gasteiger charge is -2.32. The summed E-state index contributed by atoms with van der Waals surface area (Å²) < 4.78 is 28.8. The highest BCUT2D eigenvalue weighted by Gasteiger charge is 2.40. The number of rotatable bonds is 6. The molecule has 0 fully saturated rings. The van der Waals surface area contributed by atoms with E-state index in [2.05, 4.69) is 0 Å². The summed E-state index contributed by atoms with van der Waals surface area (Å²) in [5.41, 5.74) is 2.02. The fourth-order valence-electron chi connectivity index (χ4n) is 3.98. The van der Waals surface area contributed by atoms with Gasteiger partial charge in [-0.2, -0.15) is 0 Å². The van der Waals surface area contributed by atoms with Crippen LogP contribution in [0.1, 0.15) is 34.5 Å². The normalized spacial score (nSPS) is 18.2. The Labute approximate surface area is 175 Å². The highest BCUT2D eigenvalue weighted by Crippen LogP contribution is 2.50. The Morgan fingerprint density at radius 2 is 1.63 bits per heavy atom. The summed E-state index contributed by atoms with van der Waals surface area (Å²) in [6.07, 6.45) is -1.48. The van der Waals surface area contributed by atoms with Crippen LogP contribution >= 0.6 is 0 Å². The predicted octanol–water partition coefficient (Wildman–Crippen LogP) is 4.68. The summed E-state index contributed by atoms with van der Waals surface area (Å²) in [6.45, 7) is 2.13. The van der Waals surface area contributed by atoms with Crippen LogP contribution in [0.15, 0.2) is 48.5 Å². The Morgan fingerprint density at radius 1 is 0.900 bits per heavy atom. The van der Waals surface area contributed by atoms with E-state index in [9.17, 15) is 4.79 Å². The number of fused-ring (bicyclic) bond motifs is 2. The minimum atomic E-state index is -1.03. The molecule has 2 atom stereocenters. The first kappa shape index (κ1) is 20.2. The third-order valence-electron chi connectivity index (χ3n) is 5.31. The van der Waals surface area contributed by atoms with Gasteiger partial charge in [-0.1, -0.05) is 42.5 Å². The largest absolute Gasteiger partial charge is 0.496 e. The molecular weight excluding hydrogens is 384 g/mol. The zero-order chi connectivity index (χ0) is 21.3. The SMILES string of the molecule is COc1c2c(c(OC)c3c(OC)cccc13)[C@H](C)O[C@@H](OCc1ccccc1)C2=O. The second-order valence-corrected chi connectivity index (χ2v) is 7.01. The summed E-state index contributed by atoms with van der Waals surface area (Å²) >= 11 is 0. The molecule has 0 saturated carbocycles. The number of ketones is 1. The molecule has 1 heterocycles. The predicted molar refractivity (Wildman–Crippen MR) is 112 cm³/mol. The van der Waals surface area contributed by atoms with Crippen LogP contribution < -0.4 is 14.2 Å². The topological polar surface area (TPSA) is 63.2 Å².